The smallest absolute Gasteiger partial charge is 0.331 e. The quantitative estimate of drug-likeness (QED) is 0.786. The monoisotopic (exact) mass is 350 g/mol. The van der Waals surface area contributed by atoms with Crippen LogP contribution in [0.5, 0.6) is 0 Å². The van der Waals surface area contributed by atoms with E-state index >= 15 is 0 Å². The predicted molar refractivity (Wildman–Crippen MR) is 94.5 cm³/mol. The van der Waals surface area contributed by atoms with Crippen LogP contribution in [-0.2, 0) is 13.6 Å². The summed E-state index contributed by atoms with van der Waals surface area (Å²) in [5.74, 6) is 0.279. The lowest BCUT2D eigenvalue weighted by Crippen LogP contribution is -2.38. The summed E-state index contributed by atoms with van der Waals surface area (Å²) in [7, 11) is 1.49. The Morgan fingerprint density at radius 3 is 2.61 bits per heavy atom. The molecule has 3 rings (SSSR count). The van der Waals surface area contributed by atoms with Crippen molar-refractivity contribution in [2.75, 3.05) is 0 Å². The number of thiophene rings is 2. The van der Waals surface area contributed by atoms with Crippen LogP contribution in [0, 0.1) is 5.92 Å². The van der Waals surface area contributed by atoms with Crippen LogP contribution in [0.15, 0.2) is 33.2 Å². The molecule has 0 amide bonds. The molecule has 0 fully saturated rings. The molecule has 3 aromatic heterocycles. The molecule has 0 spiro atoms. The maximum atomic E-state index is 12.4. The second-order valence-corrected chi connectivity index (χ2v) is 7.98. The Labute approximate surface area is 141 Å². The van der Waals surface area contributed by atoms with Crippen LogP contribution in [-0.4, -0.2) is 14.2 Å². The molecule has 0 radical (unpaired) electrons. The zero-order valence-electron chi connectivity index (χ0n) is 13.1. The van der Waals surface area contributed by atoms with Crippen LogP contribution in [0.1, 0.15) is 29.7 Å². The highest BCUT2D eigenvalue weighted by Crippen LogP contribution is 2.33. The Hall–Kier alpha value is -1.70. The van der Waals surface area contributed by atoms with Crippen LogP contribution >= 0.6 is 22.7 Å². The molecule has 0 aliphatic carbocycles. The predicted octanol–water partition coefficient (Wildman–Crippen LogP) is 2.56. The molecule has 0 aliphatic heterocycles. The summed E-state index contributed by atoms with van der Waals surface area (Å²) in [4.78, 5) is 27.0. The molecule has 122 valence electrons. The summed E-state index contributed by atoms with van der Waals surface area (Å²) in [5.41, 5.74) is -0.624. The molecule has 3 heterocycles. The number of aromatic nitrogens is 2. The van der Waals surface area contributed by atoms with E-state index in [1.54, 1.807) is 10.6 Å². The van der Waals surface area contributed by atoms with E-state index in [0.717, 1.165) is 9.44 Å². The fourth-order valence-electron chi connectivity index (χ4n) is 2.54. The Balaban J connectivity index is 2.24. The Morgan fingerprint density at radius 1 is 1.26 bits per heavy atom. The largest absolute Gasteiger partial charge is 0.382 e. The van der Waals surface area contributed by atoms with Crippen molar-refractivity contribution in [3.63, 3.8) is 0 Å². The van der Waals surface area contributed by atoms with Crippen molar-refractivity contribution in [2.24, 2.45) is 13.0 Å². The second kappa shape index (κ2) is 6.07. The van der Waals surface area contributed by atoms with Crippen molar-refractivity contribution >= 4 is 32.9 Å². The van der Waals surface area contributed by atoms with Gasteiger partial charge in [0.25, 0.3) is 5.56 Å². The molecule has 23 heavy (non-hydrogen) atoms. The highest BCUT2D eigenvalue weighted by atomic mass is 32.1. The maximum absolute atomic E-state index is 12.4. The number of aliphatic hydroxyl groups excluding tert-OH is 1. The number of aliphatic hydroxyl groups is 1. The molecule has 1 atom stereocenters. The normalized spacial score (nSPS) is 13.1. The summed E-state index contributed by atoms with van der Waals surface area (Å²) in [6, 6.07) is 5.45. The minimum Gasteiger partial charge on any atom is -0.382 e. The van der Waals surface area contributed by atoms with Gasteiger partial charge in [0.05, 0.1) is 5.39 Å². The van der Waals surface area contributed by atoms with Crippen molar-refractivity contribution in [2.45, 2.75) is 26.5 Å². The van der Waals surface area contributed by atoms with E-state index in [1.807, 2.05) is 31.4 Å². The first-order chi connectivity index (χ1) is 10.9. The fraction of sp³-hybridized carbons (Fsp3) is 0.375. The number of hydrogen-bond donors (Lipinski definition) is 1. The van der Waals surface area contributed by atoms with Crippen LogP contribution in [0.4, 0.5) is 0 Å². The number of rotatable bonds is 4. The molecule has 0 bridgehead atoms. The summed E-state index contributed by atoms with van der Waals surface area (Å²) in [6.07, 6.45) is -0.764. The lowest BCUT2D eigenvalue weighted by atomic mass is 10.2. The first-order valence-corrected chi connectivity index (χ1v) is 9.04. The van der Waals surface area contributed by atoms with Crippen molar-refractivity contribution in [1.29, 1.82) is 0 Å². The molecular weight excluding hydrogens is 332 g/mol. The van der Waals surface area contributed by atoms with Crippen molar-refractivity contribution in [3.05, 3.63) is 54.2 Å². The molecule has 7 heteroatoms. The average molecular weight is 350 g/mol. The van der Waals surface area contributed by atoms with Crippen molar-refractivity contribution < 1.29 is 5.11 Å². The lowest BCUT2D eigenvalue weighted by Gasteiger charge is -2.11. The van der Waals surface area contributed by atoms with Gasteiger partial charge in [0, 0.05) is 23.3 Å². The second-order valence-electron chi connectivity index (χ2n) is 5.94. The van der Waals surface area contributed by atoms with Crippen LogP contribution in [0.3, 0.4) is 0 Å². The zero-order chi connectivity index (χ0) is 16.7. The van der Waals surface area contributed by atoms with Gasteiger partial charge in [0.2, 0.25) is 0 Å². The van der Waals surface area contributed by atoms with E-state index in [4.69, 9.17) is 0 Å². The SMILES string of the molecule is CC(C)Cn1c(=O)n(C)c(=O)c2cc(C(O)c3cccs3)sc21. The molecule has 3 aromatic rings. The minimum absolute atomic E-state index is 0.279. The summed E-state index contributed by atoms with van der Waals surface area (Å²) in [6.45, 7) is 4.59. The molecule has 0 saturated carbocycles. The maximum Gasteiger partial charge on any atom is 0.331 e. The third-order valence-electron chi connectivity index (χ3n) is 3.66. The summed E-state index contributed by atoms with van der Waals surface area (Å²) < 4.78 is 2.77. The van der Waals surface area contributed by atoms with Crippen molar-refractivity contribution in [3.8, 4) is 0 Å². The number of hydrogen-bond acceptors (Lipinski definition) is 5. The Morgan fingerprint density at radius 2 is 2.00 bits per heavy atom. The van der Waals surface area contributed by atoms with E-state index in [9.17, 15) is 14.7 Å². The van der Waals surface area contributed by atoms with Gasteiger partial charge in [-0.05, 0) is 23.4 Å². The van der Waals surface area contributed by atoms with E-state index in [-0.39, 0.29) is 17.2 Å². The first-order valence-electron chi connectivity index (χ1n) is 7.35. The molecule has 1 N–H and O–H groups in total. The third kappa shape index (κ3) is 2.80. The Kier molecular flexibility index (Phi) is 4.27. The van der Waals surface area contributed by atoms with Gasteiger partial charge in [-0.2, -0.15) is 0 Å². The van der Waals surface area contributed by atoms with Gasteiger partial charge in [0.1, 0.15) is 10.9 Å². The van der Waals surface area contributed by atoms with Gasteiger partial charge in [-0.25, -0.2) is 4.79 Å². The molecule has 5 nitrogen and oxygen atoms in total. The van der Waals surface area contributed by atoms with E-state index in [1.165, 1.54) is 29.7 Å². The summed E-state index contributed by atoms with van der Waals surface area (Å²) in [5, 5.41) is 12.9. The van der Waals surface area contributed by atoms with Gasteiger partial charge in [-0.15, -0.1) is 22.7 Å². The standard InChI is InChI=1S/C16H18N2O3S2/c1-9(2)8-18-15-10(14(20)17(3)16(18)21)7-12(23-15)13(19)11-5-4-6-22-11/h4-7,9,13,19H,8H2,1-3H3. The van der Waals surface area contributed by atoms with Gasteiger partial charge >= 0.3 is 5.69 Å². The molecule has 0 aromatic carbocycles. The molecule has 0 aliphatic rings. The highest BCUT2D eigenvalue weighted by molar-refractivity contribution is 7.19. The minimum atomic E-state index is -0.764. The molecular formula is C16H18N2O3S2. The number of fused-ring (bicyclic) bond motifs is 1. The van der Waals surface area contributed by atoms with Gasteiger partial charge in [-0.3, -0.25) is 13.9 Å². The van der Waals surface area contributed by atoms with E-state index in [0.29, 0.717) is 21.6 Å². The first kappa shape index (κ1) is 16.2. The fourth-order valence-corrected chi connectivity index (χ4v) is 4.50. The van der Waals surface area contributed by atoms with Crippen molar-refractivity contribution in [1.82, 2.24) is 9.13 Å². The van der Waals surface area contributed by atoms with E-state index in [2.05, 4.69) is 0 Å². The summed E-state index contributed by atoms with van der Waals surface area (Å²) >= 11 is 2.78. The van der Waals surface area contributed by atoms with Crippen LogP contribution in [0.2, 0.25) is 0 Å². The zero-order valence-corrected chi connectivity index (χ0v) is 14.8. The average Bonchev–Trinajstić information content (AvgIpc) is 3.17. The third-order valence-corrected chi connectivity index (χ3v) is 5.79. The Bertz CT molecular complexity index is 948. The van der Waals surface area contributed by atoms with Crippen LogP contribution in [0.25, 0.3) is 10.2 Å². The highest BCUT2D eigenvalue weighted by Gasteiger charge is 2.20. The topological polar surface area (TPSA) is 64.2 Å². The van der Waals surface area contributed by atoms with Crippen LogP contribution < -0.4 is 11.2 Å². The molecule has 1 unspecified atom stereocenters. The lowest BCUT2D eigenvalue weighted by molar-refractivity contribution is 0.228. The van der Waals surface area contributed by atoms with Gasteiger partial charge < -0.3 is 5.11 Å². The van der Waals surface area contributed by atoms with E-state index < -0.39 is 6.10 Å². The van der Waals surface area contributed by atoms with Gasteiger partial charge in [-0.1, -0.05) is 19.9 Å². The molecule has 0 saturated heterocycles. The number of nitrogens with zero attached hydrogens (tertiary/aromatic N) is 2. The van der Waals surface area contributed by atoms with Gasteiger partial charge in [0.15, 0.2) is 0 Å².